The Morgan fingerprint density at radius 3 is 2.57 bits per heavy atom. The second-order valence-corrected chi connectivity index (χ2v) is 3.80. The summed E-state index contributed by atoms with van der Waals surface area (Å²) in [6.07, 6.45) is 0.501. The predicted octanol–water partition coefficient (Wildman–Crippen LogP) is -0.171. The maximum absolute atomic E-state index is 11.0. The summed E-state index contributed by atoms with van der Waals surface area (Å²) in [5.74, 6) is -0.595. The molecule has 0 saturated carbocycles. The number of rotatable bonds is 6. The van der Waals surface area contributed by atoms with Crippen molar-refractivity contribution in [1.82, 2.24) is 5.06 Å². The molecule has 0 aromatic rings. The van der Waals surface area contributed by atoms with Gasteiger partial charge in [0.05, 0.1) is 5.41 Å². The summed E-state index contributed by atoms with van der Waals surface area (Å²) in [6, 6.07) is 0. The van der Waals surface area contributed by atoms with Gasteiger partial charge in [0.25, 0.3) is 0 Å². The van der Waals surface area contributed by atoms with E-state index in [1.54, 1.807) is 0 Å². The van der Waals surface area contributed by atoms with Crippen LogP contribution in [0.4, 0.5) is 0 Å². The zero-order chi connectivity index (χ0) is 11.2. The van der Waals surface area contributed by atoms with E-state index < -0.39 is 16.0 Å². The lowest BCUT2D eigenvalue weighted by Crippen LogP contribution is -2.28. The van der Waals surface area contributed by atoms with E-state index in [0.29, 0.717) is 16.8 Å². The van der Waals surface area contributed by atoms with Gasteiger partial charge in [0.15, 0.2) is 0 Å². The van der Waals surface area contributed by atoms with Gasteiger partial charge in [-0.3, -0.25) is 4.79 Å². The monoisotopic (exact) mass is 221 g/mol. The molecule has 80 valence electrons. The SMILES string of the molecule is C=CS(=O)(=O)ON(C)C(=O)CCC=O. The Morgan fingerprint density at radius 2 is 2.14 bits per heavy atom. The zero-order valence-electron chi connectivity index (χ0n) is 7.67. The lowest BCUT2D eigenvalue weighted by molar-refractivity contribution is -0.151. The average Bonchev–Trinajstić information content (AvgIpc) is 2.13. The third-order valence-corrected chi connectivity index (χ3v) is 2.09. The van der Waals surface area contributed by atoms with E-state index in [1.165, 1.54) is 0 Å². The van der Waals surface area contributed by atoms with E-state index in [4.69, 9.17) is 0 Å². The van der Waals surface area contributed by atoms with Crippen LogP contribution in [-0.4, -0.2) is 32.7 Å². The molecule has 0 aliphatic heterocycles. The molecule has 7 heteroatoms. The Labute approximate surface area is 82.2 Å². The third kappa shape index (κ3) is 4.73. The van der Waals surface area contributed by atoms with E-state index in [9.17, 15) is 18.0 Å². The van der Waals surface area contributed by atoms with Crippen molar-refractivity contribution in [1.29, 1.82) is 0 Å². The first kappa shape index (κ1) is 12.8. The predicted molar refractivity (Wildman–Crippen MR) is 48.3 cm³/mol. The maximum atomic E-state index is 11.0. The quantitative estimate of drug-likeness (QED) is 0.459. The molecule has 1 amide bonds. The van der Waals surface area contributed by atoms with Gasteiger partial charge in [0.1, 0.15) is 6.29 Å². The molecule has 0 N–H and O–H groups in total. The molecule has 0 aromatic heterocycles. The number of hydrogen-bond acceptors (Lipinski definition) is 5. The van der Waals surface area contributed by atoms with Crippen molar-refractivity contribution < 1.29 is 22.3 Å². The van der Waals surface area contributed by atoms with Crippen LogP contribution in [0.3, 0.4) is 0 Å². The molecule has 0 unspecified atom stereocenters. The first-order chi connectivity index (χ1) is 6.43. The Bertz CT molecular complexity index is 321. The summed E-state index contributed by atoms with van der Waals surface area (Å²) in [5, 5.41) is 1.14. The minimum absolute atomic E-state index is 0.0284. The van der Waals surface area contributed by atoms with Crippen LogP contribution in [0.15, 0.2) is 12.0 Å². The highest BCUT2D eigenvalue weighted by atomic mass is 32.2. The van der Waals surface area contributed by atoms with Crippen molar-refractivity contribution >= 4 is 22.3 Å². The Kier molecular flexibility index (Phi) is 5.03. The largest absolute Gasteiger partial charge is 0.310 e. The summed E-state index contributed by atoms with van der Waals surface area (Å²) in [7, 11) is -2.76. The number of nitrogens with zero attached hydrogens (tertiary/aromatic N) is 1. The van der Waals surface area contributed by atoms with Crippen molar-refractivity contribution in [3.05, 3.63) is 12.0 Å². The van der Waals surface area contributed by atoms with Gasteiger partial charge in [0, 0.05) is 19.9 Å². The Morgan fingerprint density at radius 1 is 1.57 bits per heavy atom. The standard InChI is InChI=1S/C7H11NO5S/c1-3-14(11,12)13-8(2)7(10)5-4-6-9/h3,6H,1,4-5H2,2H3. The lowest BCUT2D eigenvalue weighted by Gasteiger charge is -2.13. The molecule has 0 rings (SSSR count). The number of carbonyl (C=O) groups is 2. The van der Waals surface area contributed by atoms with E-state index in [0.717, 1.165) is 7.05 Å². The second kappa shape index (κ2) is 5.51. The Hall–Kier alpha value is -1.21. The molecule has 0 radical (unpaired) electrons. The summed E-state index contributed by atoms with van der Waals surface area (Å²) < 4.78 is 25.8. The van der Waals surface area contributed by atoms with Gasteiger partial charge < -0.3 is 4.79 Å². The molecule has 0 atom stereocenters. The van der Waals surface area contributed by atoms with Gasteiger partial charge in [0.2, 0.25) is 5.91 Å². The molecule has 0 aliphatic rings. The topological polar surface area (TPSA) is 80.8 Å². The Balaban J connectivity index is 4.21. The smallest absolute Gasteiger partial charge is 0.303 e. The van der Waals surface area contributed by atoms with E-state index in [2.05, 4.69) is 10.9 Å². The van der Waals surface area contributed by atoms with Gasteiger partial charge >= 0.3 is 10.1 Å². The summed E-state index contributed by atoms with van der Waals surface area (Å²) >= 11 is 0. The van der Waals surface area contributed by atoms with E-state index >= 15 is 0 Å². The summed E-state index contributed by atoms with van der Waals surface area (Å²) in [4.78, 5) is 21.0. The zero-order valence-corrected chi connectivity index (χ0v) is 8.49. The highest BCUT2D eigenvalue weighted by Gasteiger charge is 2.15. The van der Waals surface area contributed by atoms with Crippen LogP contribution in [0.5, 0.6) is 0 Å². The summed E-state index contributed by atoms with van der Waals surface area (Å²) in [5.41, 5.74) is 0. The lowest BCUT2D eigenvalue weighted by atomic mass is 10.3. The first-order valence-electron chi connectivity index (χ1n) is 3.70. The van der Waals surface area contributed by atoms with Crippen molar-refractivity contribution in [2.45, 2.75) is 12.8 Å². The molecule has 0 heterocycles. The average molecular weight is 221 g/mol. The fraction of sp³-hybridized carbons (Fsp3) is 0.429. The molecule has 14 heavy (non-hydrogen) atoms. The molecule has 0 bridgehead atoms. The van der Waals surface area contributed by atoms with Crippen molar-refractivity contribution in [2.75, 3.05) is 7.05 Å². The number of amides is 1. The van der Waals surface area contributed by atoms with Crippen LogP contribution >= 0.6 is 0 Å². The van der Waals surface area contributed by atoms with Crippen LogP contribution in [0.25, 0.3) is 0 Å². The van der Waals surface area contributed by atoms with Crippen molar-refractivity contribution in [2.24, 2.45) is 0 Å². The van der Waals surface area contributed by atoms with Crippen molar-refractivity contribution in [3.63, 3.8) is 0 Å². The molecular weight excluding hydrogens is 210 g/mol. The molecule has 0 aromatic carbocycles. The van der Waals surface area contributed by atoms with Gasteiger partial charge in [-0.2, -0.15) is 8.42 Å². The van der Waals surface area contributed by atoms with Crippen LogP contribution in [0, 0.1) is 0 Å². The van der Waals surface area contributed by atoms with E-state index in [-0.39, 0.29) is 12.8 Å². The minimum atomic E-state index is -3.91. The van der Waals surface area contributed by atoms with Crippen LogP contribution in [-0.2, 0) is 24.0 Å². The third-order valence-electron chi connectivity index (χ3n) is 1.25. The molecular formula is C7H11NO5S. The molecule has 0 aliphatic carbocycles. The van der Waals surface area contributed by atoms with Gasteiger partial charge in [-0.25, -0.2) is 5.06 Å². The van der Waals surface area contributed by atoms with E-state index in [1.807, 2.05) is 0 Å². The van der Waals surface area contributed by atoms with Gasteiger partial charge in [-0.1, -0.05) is 6.58 Å². The normalized spacial score (nSPS) is 10.6. The molecule has 0 fully saturated rings. The van der Waals surface area contributed by atoms with Gasteiger partial charge in [-0.05, 0) is 0 Å². The fourth-order valence-corrected chi connectivity index (χ4v) is 1.02. The molecule has 0 saturated heterocycles. The first-order valence-corrected chi connectivity index (χ1v) is 5.17. The number of hydroxylamine groups is 2. The minimum Gasteiger partial charge on any atom is -0.303 e. The highest BCUT2D eigenvalue weighted by molar-refractivity contribution is 7.89. The van der Waals surface area contributed by atoms with Gasteiger partial charge in [-0.15, -0.1) is 4.28 Å². The molecule has 0 spiro atoms. The highest BCUT2D eigenvalue weighted by Crippen LogP contribution is 2.01. The second-order valence-electron chi connectivity index (χ2n) is 2.33. The van der Waals surface area contributed by atoms with Crippen LogP contribution < -0.4 is 0 Å². The molecule has 6 nitrogen and oxygen atoms in total. The van der Waals surface area contributed by atoms with Crippen molar-refractivity contribution in [3.8, 4) is 0 Å². The van der Waals surface area contributed by atoms with Crippen LogP contribution in [0.1, 0.15) is 12.8 Å². The maximum Gasteiger partial charge on any atom is 0.310 e. The number of carbonyl (C=O) groups excluding carboxylic acids is 2. The number of aldehydes is 1. The van der Waals surface area contributed by atoms with Crippen LogP contribution in [0.2, 0.25) is 0 Å². The summed E-state index contributed by atoms with van der Waals surface area (Å²) in [6.45, 7) is 3.00. The number of hydrogen-bond donors (Lipinski definition) is 0. The fourth-order valence-electron chi connectivity index (χ4n) is 0.568.